The number of carbonyl (C=O) groups is 2. The summed E-state index contributed by atoms with van der Waals surface area (Å²) in [4.78, 5) is 25.4. The van der Waals surface area contributed by atoms with Crippen molar-refractivity contribution in [2.45, 2.75) is 38.0 Å². The minimum Gasteiger partial charge on any atom is -0.466 e. The minimum absolute atomic E-state index is 0.0127. The summed E-state index contributed by atoms with van der Waals surface area (Å²) >= 11 is 1.40. The number of rotatable bonds is 7. The summed E-state index contributed by atoms with van der Waals surface area (Å²) in [5, 5.41) is 0. The molecule has 0 atom stereocenters. The second-order valence-electron chi connectivity index (χ2n) is 6.58. The summed E-state index contributed by atoms with van der Waals surface area (Å²) in [6, 6.07) is 15.7. The molecule has 0 aliphatic heterocycles. The van der Waals surface area contributed by atoms with Gasteiger partial charge in [0.25, 0.3) is 0 Å². The lowest BCUT2D eigenvalue weighted by Gasteiger charge is -2.17. The predicted molar refractivity (Wildman–Crippen MR) is 113 cm³/mol. The SMILES string of the molecule is CCOC(=O)CCCC1=CC(=NSc2ccc(C)cc2)c2ccccc2C1=O. The highest BCUT2D eigenvalue weighted by Gasteiger charge is 2.23. The van der Waals surface area contributed by atoms with Crippen LogP contribution in [0.1, 0.15) is 47.7 Å². The van der Waals surface area contributed by atoms with Gasteiger partial charge in [-0.1, -0.05) is 42.0 Å². The van der Waals surface area contributed by atoms with Gasteiger partial charge in [-0.05, 0) is 44.9 Å². The Balaban J connectivity index is 1.80. The third-order valence-electron chi connectivity index (χ3n) is 4.45. The van der Waals surface area contributed by atoms with Crippen LogP contribution in [-0.2, 0) is 9.53 Å². The van der Waals surface area contributed by atoms with E-state index in [0.29, 0.717) is 37.0 Å². The van der Waals surface area contributed by atoms with Crippen molar-refractivity contribution in [3.05, 3.63) is 76.9 Å². The number of Topliss-reactive ketones (excluding diaryl/α,β-unsaturated/α-hetero) is 1. The highest BCUT2D eigenvalue weighted by atomic mass is 32.2. The van der Waals surface area contributed by atoms with Gasteiger partial charge >= 0.3 is 5.97 Å². The predicted octanol–water partition coefficient (Wildman–Crippen LogP) is 5.35. The molecule has 0 bridgehead atoms. The first-order chi connectivity index (χ1) is 13.6. The fraction of sp³-hybridized carbons (Fsp3) is 0.261. The lowest BCUT2D eigenvalue weighted by Crippen LogP contribution is -2.17. The van der Waals surface area contributed by atoms with Crippen molar-refractivity contribution in [3.8, 4) is 0 Å². The number of esters is 1. The summed E-state index contributed by atoms with van der Waals surface area (Å²) < 4.78 is 9.66. The number of carbonyl (C=O) groups excluding carboxylic acids is 2. The van der Waals surface area contributed by atoms with Crippen LogP contribution in [-0.4, -0.2) is 24.1 Å². The average molecular weight is 394 g/mol. The van der Waals surface area contributed by atoms with E-state index in [-0.39, 0.29) is 11.8 Å². The number of ketones is 1. The zero-order valence-electron chi connectivity index (χ0n) is 16.1. The van der Waals surface area contributed by atoms with Gasteiger partial charge < -0.3 is 4.74 Å². The fourth-order valence-corrected chi connectivity index (χ4v) is 3.62. The second kappa shape index (κ2) is 9.51. The van der Waals surface area contributed by atoms with Gasteiger partial charge in [0.05, 0.1) is 12.3 Å². The van der Waals surface area contributed by atoms with Crippen LogP contribution in [0.2, 0.25) is 0 Å². The van der Waals surface area contributed by atoms with Crippen LogP contribution >= 0.6 is 11.9 Å². The molecule has 0 unspecified atom stereocenters. The summed E-state index contributed by atoms with van der Waals surface area (Å²) in [5.74, 6) is -0.214. The summed E-state index contributed by atoms with van der Waals surface area (Å²) in [7, 11) is 0. The molecule has 0 spiro atoms. The van der Waals surface area contributed by atoms with E-state index in [1.54, 1.807) is 6.92 Å². The third-order valence-corrected chi connectivity index (χ3v) is 5.22. The molecule has 0 fully saturated rings. The van der Waals surface area contributed by atoms with Crippen molar-refractivity contribution in [3.63, 3.8) is 0 Å². The monoisotopic (exact) mass is 393 g/mol. The molecule has 0 saturated carbocycles. The van der Waals surface area contributed by atoms with Crippen LogP contribution in [0.25, 0.3) is 0 Å². The Morgan fingerprint density at radius 3 is 2.50 bits per heavy atom. The molecule has 0 saturated heterocycles. The van der Waals surface area contributed by atoms with E-state index < -0.39 is 0 Å². The Kier molecular flexibility index (Phi) is 6.82. The molecule has 0 N–H and O–H groups in total. The molecule has 5 heteroatoms. The minimum atomic E-state index is -0.226. The average Bonchev–Trinajstić information content (AvgIpc) is 2.70. The summed E-state index contributed by atoms with van der Waals surface area (Å²) in [5.41, 5.74) is 4.19. The quantitative estimate of drug-likeness (QED) is 0.470. The van der Waals surface area contributed by atoms with E-state index in [9.17, 15) is 9.59 Å². The van der Waals surface area contributed by atoms with Gasteiger partial charge in [0.2, 0.25) is 0 Å². The van der Waals surface area contributed by atoms with Crippen LogP contribution < -0.4 is 0 Å². The molecular formula is C23H23NO3S. The second-order valence-corrected chi connectivity index (χ2v) is 7.42. The number of ether oxygens (including phenoxy) is 1. The maximum absolute atomic E-state index is 12.8. The van der Waals surface area contributed by atoms with Gasteiger partial charge in [-0.2, -0.15) is 0 Å². The number of hydrogen-bond acceptors (Lipinski definition) is 5. The maximum Gasteiger partial charge on any atom is 0.305 e. The molecule has 0 amide bonds. The molecule has 28 heavy (non-hydrogen) atoms. The first-order valence-corrected chi connectivity index (χ1v) is 10.2. The smallest absolute Gasteiger partial charge is 0.305 e. The summed E-state index contributed by atoms with van der Waals surface area (Å²) in [6.07, 6.45) is 3.28. The van der Waals surface area contributed by atoms with Crippen LogP contribution in [0, 0.1) is 6.92 Å². The molecule has 0 aromatic heterocycles. The zero-order chi connectivity index (χ0) is 19.9. The van der Waals surface area contributed by atoms with E-state index >= 15 is 0 Å². The van der Waals surface area contributed by atoms with E-state index in [2.05, 4.69) is 19.1 Å². The Bertz CT molecular complexity index is 929. The molecule has 0 radical (unpaired) electrons. The van der Waals surface area contributed by atoms with Crippen molar-refractivity contribution < 1.29 is 14.3 Å². The van der Waals surface area contributed by atoms with Gasteiger partial charge in [0.15, 0.2) is 5.78 Å². The molecule has 3 rings (SSSR count). The fourth-order valence-electron chi connectivity index (χ4n) is 3.00. The van der Waals surface area contributed by atoms with Gasteiger partial charge in [-0.3, -0.25) is 9.59 Å². The van der Waals surface area contributed by atoms with Gasteiger partial charge in [-0.25, -0.2) is 4.40 Å². The molecule has 144 valence electrons. The zero-order valence-corrected chi connectivity index (χ0v) is 16.9. The number of nitrogens with zero attached hydrogens (tertiary/aromatic N) is 1. The Morgan fingerprint density at radius 2 is 1.79 bits per heavy atom. The first kappa shape index (κ1) is 20.1. The Morgan fingerprint density at radius 1 is 1.07 bits per heavy atom. The lowest BCUT2D eigenvalue weighted by atomic mass is 9.87. The number of benzene rings is 2. The molecule has 2 aromatic carbocycles. The highest BCUT2D eigenvalue weighted by molar-refractivity contribution is 7.98. The van der Waals surface area contributed by atoms with Crippen molar-refractivity contribution in [2.24, 2.45) is 4.40 Å². The number of allylic oxidation sites excluding steroid dienone is 2. The standard InChI is InChI=1S/C23H23NO3S/c1-3-27-22(25)10-6-7-17-15-21(19-8-4-5-9-20(19)23(17)26)24-28-18-13-11-16(2)12-14-18/h4-5,8-9,11-15H,3,6-7,10H2,1-2H3. The van der Waals surface area contributed by atoms with Crippen molar-refractivity contribution >= 4 is 29.4 Å². The topological polar surface area (TPSA) is 55.7 Å². The lowest BCUT2D eigenvalue weighted by molar-refractivity contribution is -0.143. The molecule has 1 aliphatic rings. The van der Waals surface area contributed by atoms with Crippen molar-refractivity contribution in [1.82, 2.24) is 0 Å². The van der Waals surface area contributed by atoms with Crippen LogP contribution in [0.5, 0.6) is 0 Å². The largest absolute Gasteiger partial charge is 0.466 e. The van der Waals surface area contributed by atoms with E-state index in [1.165, 1.54) is 17.5 Å². The molecular weight excluding hydrogens is 370 g/mol. The number of hydrogen-bond donors (Lipinski definition) is 0. The normalized spacial score (nSPS) is 14.6. The van der Waals surface area contributed by atoms with Crippen LogP contribution in [0.4, 0.5) is 0 Å². The van der Waals surface area contributed by atoms with Gasteiger partial charge in [0.1, 0.15) is 0 Å². The molecule has 1 aliphatic carbocycles. The summed E-state index contributed by atoms with van der Waals surface area (Å²) in [6.45, 7) is 4.21. The Hall–Kier alpha value is -2.66. The highest BCUT2D eigenvalue weighted by Crippen LogP contribution is 2.28. The number of aryl methyl sites for hydroxylation is 1. The van der Waals surface area contributed by atoms with E-state index in [1.807, 2.05) is 42.5 Å². The Labute approximate surface area is 169 Å². The first-order valence-electron chi connectivity index (χ1n) is 9.40. The van der Waals surface area contributed by atoms with Gasteiger partial charge in [0, 0.05) is 40.0 Å². The van der Waals surface area contributed by atoms with E-state index in [0.717, 1.165) is 16.2 Å². The van der Waals surface area contributed by atoms with Crippen LogP contribution in [0.15, 0.2) is 69.5 Å². The molecule has 0 heterocycles. The van der Waals surface area contributed by atoms with Crippen molar-refractivity contribution in [1.29, 1.82) is 0 Å². The van der Waals surface area contributed by atoms with Crippen LogP contribution in [0.3, 0.4) is 0 Å². The number of fused-ring (bicyclic) bond motifs is 1. The third kappa shape index (κ3) is 4.98. The van der Waals surface area contributed by atoms with Crippen molar-refractivity contribution in [2.75, 3.05) is 6.61 Å². The van der Waals surface area contributed by atoms with E-state index in [4.69, 9.17) is 9.13 Å². The molecule has 2 aromatic rings. The maximum atomic E-state index is 12.8. The molecule has 4 nitrogen and oxygen atoms in total. The van der Waals surface area contributed by atoms with Gasteiger partial charge in [-0.15, -0.1) is 0 Å².